The fourth-order valence-electron chi connectivity index (χ4n) is 0.728. The van der Waals surface area contributed by atoms with Crippen LogP contribution in [0.1, 0.15) is 5.56 Å². The number of hydrogen-bond acceptors (Lipinski definition) is 3. The summed E-state index contributed by atoms with van der Waals surface area (Å²) in [6.45, 7) is 0. The molecule has 7 heteroatoms. The van der Waals surface area contributed by atoms with Crippen LogP contribution in [0.25, 0.3) is 0 Å². The molecule has 0 unspecified atom stereocenters. The summed E-state index contributed by atoms with van der Waals surface area (Å²) in [6.07, 6.45) is -2.67. The quantitative estimate of drug-likeness (QED) is 0.748. The molecule has 0 saturated carbocycles. The van der Waals surface area contributed by atoms with Crippen molar-refractivity contribution in [2.75, 3.05) is 0 Å². The highest BCUT2D eigenvalue weighted by atomic mass is 127. The molecule has 1 aromatic rings. The third kappa shape index (κ3) is 2.73. The SMILES string of the molecule is N#Cc1c(I)cncc1OC(F)(F)F. The molecule has 3 nitrogen and oxygen atoms in total. The minimum Gasteiger partial charge on any atom is -0.403 e. The predicted octanol–water partition coefficient (Wildman–Crippen LogP) is 2.46. The maximum atomic E-state index is 11.8. The first kappa shape index (κ1) is 11.0. The van der Waals surface area contributed by atoms with Gasteiger partial charge in [-0.1, -0.05) is 0 Å². The normalized spacial score (nSPS) is 10.8. The lowest BCUT2D eigenvalue weighted by atomic mass is 10.3. The number of nitriles is 1. The summed E-state index contributed by atoms with van der Waals surface area (Å²) >= 11 is 1.71. The Morgan fingerprint density at radius 2 is 2.07 bits per heavy atom. The van der Waals surface area contributed by atoms with Gasteiger partial charge >= 0.3 is 6.36 Å². The van der Waals surface area contributed by atoms with Gasteiger partial charge in [-0.15, -0.1) is 13.2 Å². The second-order valence-corrected chi connectivity index (χ2v) is 3.32. The van der Waals surface area contributed by atoms with Crippen molar-refractivity contribution in [2.24, 2.45) is 0 Å². The standard InChI is InChI=1S/C7H2F3IN2O/c8-7(9,10)14-6-3-13-2-5(11)4(6)1-12/h2-3H. The van der Waals surface area contributed by atoms with Crippen LogP contribution in [-0.2, 0) is 0 Å². The molecule has 0 fully saturated rings. The lowest BCUT2D eigenvalue weighted by Gasteiger charge is -2.09. The van der Waals surface area contributed by atoms with Gasteiger partial charge < -0.3 is 4.74 Å². The van der Waals surface area contributed by atoms with E-state index in [1.807, 2.05) is 0 Å². The molecule has 0 aromatic carbocycles. The number of hydrogen-bond donors (Lipinski definition) is 0. The van der Waals surface area contributed by atoms with E-state index < -0.39 is 12.1 Å². The summed E-state index contributed by atoms with van der Waals surface area (Å²) < 4.78 is 39.4. The number of nitrogens with zero attached hydrogens (tertiary/aromatic N) is 2. The van der Waals surface area contributed by atoms with Crippen LogP contribution < -0.4 is 4.74 Å². The second kappa shape index (κ2) is 4.00. The maximum Gasteiger partial charge on any atom is 0.573 e. The molecule has 0 bridgehead atoms. The molecule has 0 amide bonds. The fraction of sp³-hybridized carbons (Fsp3) is 0.143. The molecule has 0 saturated heterocycles. The average Bonchev–Trinajstić information content (AvgIpc) is 2.01. The van der Waals surface area contributed by atoms with E-state index in [4.69, 9.17) is 5.26 Å². The summed E-state index contributed by atoms with van der Waals surface area (Å²) in [5.41, 5.74) is -0.169. The number of alkyl halides is 3. The molecule has 14 heavy (non-hydrogen) atoms. The summed E-state index contributed by atoms with van der Waals surface area (Å²) in [5.74, 6) is -0.577. The Bertz CT molecular complexity index is 386. The zero-order chi connectivity index (χ0) is 10.8. The van der Waals surface area contributed by atoms with Crippen LogP contribution in [0.15, 0.2) is 12.4 Å². The minimum atomic E-state index is -4.81. The van der Waals surface area contributed by atoms with E-state index in [-0.39, 0.29) is 5.56 Å². The van der Waals surface area contributed by atoms with Crippen molar-refractivity contribution in [3.05, 3.63) is 21.5 Å². The molecule has 0 spiro atoms. The molecular formula is C7H2F3IN2O. The molecule has 0 atom stereocenters. The van der Waals surface area contributed by atoms with Crippen molar-refractivity contribution in [1.82, 2.24) is 4.98 Å². The second-order valence-electron chi connectivity index (χ2n) is 2.15. The van der Waals surface area contributed by atoms with E-state index in [1.165, 1.54) is 6.20 Å². The Hall–Kier alpha value is -1.04. The maximum absolute atomic E-state index is 11.8. The Balaban J connectivity index is 3.10. The molecule has 74 valence electrons. The van der Waals surface area contributed by atoms with E-state index in [0.717, 1.165) is 6.20 Å². The lowest BCUT2D eigenvalue weighted by molar-refractivity contribution is -0.274. The van der Waals surface area contributed by atoms with E-state index in [9.17, 15) is 13.2 Å². The zero-order valence-corrected chi connectivity index (χ0v) is 8.63. The third-order valence-electron chi connectivity index (χ3n) is 1.20. The zero-order valence-electron chi connectivity index (χ0n) is 6.47. The highest BCUT2D eigenvalue weighted by molar-refractivity contribution is 14.1. The van der Waals surface area contributed by atoms with E-state index in [1.54, 1.807) is 28.7 Å². The molecule has 0 aliphatic rings. The van der Waals surface area contributed by atoms with Gasteiger partial charge in [-0.25, -0.2) is 0 Å². The molecule has 0 aliphatic carbocycles. The van der Waals surface area contributed by atoms with Crippen LogP contribution in [0.2, 0.25) is 0 Å². The highest BCUT2D eigenvalue weighted by Crippen LogP contribution is 2.27. The molecule has 0 aliphatic heterocycles. The van der Waals surface area contributed by atoms with Crippen molar-refractivity contribution < 1.29 is 17.9 Å². The Labute approximate surface area is 90.6 Å². The van der Waals surface area contributed by atoms with Crippen molar-refractivity contribution in [3.8, 4) is 11.8 Å². The van der Waals surface area contributed by atoms with E-state index in [2.05, 4.69) is 9.72 Å². The van der Waals surface area contributed by atoms with Gasteiger partial charge in [0.1, 0.15) is 11.6 Å². The van der Waals surface area contributed by atoms with Crippen molar-refractivity contribution >= 4 is 22.6 Å². The van der Waals surface area contributed by atoms with Gasteiger partial charge in [0.05, 0.1) is 9.77 Å². The molecule has 1 aromatic heterocycles. The average molecular weight is 314 g/mol. The van der Waals surface area contributed by atoms with E-state index in [0.29, 0.717) is 3.57 Å². The van der Waals surface area contributed by atoms with Gasteiger partial charge in [0.15, 0.2) is 5.75 Å². The summed E-state index contributed by atoms with van der Waals surface area (Å²) in [5, 5.41) is 8.57. The van der Waals surface area contributed by atoms with Gasteiger partial charge in [-0.2, -0.15) is 5.26 Å². The van der Waals surface area contributed by atoms with Crippen molar-refractivity contribution in [1.29, 1.82) is 5.26 Å². The van der Waals surface area contributed by atoms with Crippen LogP contribution in [-0.4, -0.2) is 11.3 Å². The number of pyridine rings is 1. The van der Waals surface area contributed by atoms with Crippen molar-refractivity contribution in [2.45, 2.75) is 6.36 Å². The molecule has 0 N–H and O–H groups in total. The van der Waals surface area contributed by atoms with Crippen LogP contribution in [0.3, 0.4) is 0 Å². The van der Waals surface area contributed by atoms with Gasteiger partial charge in [0.25, 0.3) is 0 Å². The predicted molar refractivity (Wildman–Crippen MR) is 48.4 cm³/mol. The van der Waals surface area contributed by atoms with E-state index >= 15 is 0 Å². The smallest absolute Gasteiger partial charge is 0.403 e. The van der Waals surface area contributed by atoms with Crippen molar-refractivity contribution in [3.63, 3.8) is 0 Å². The molecule has 1 heterocycles. The fourth-order valence-corrected chi connectivity index (χ4v) is 1.27. The highest BCUT2D eigenvalue weighted by Gasteiger charge is 2.32. The van der Waals surface area contributed by atoms with Gasteiger partial charge in [0.2, 0.25) is 0 Å². The number of halogens is 4. The Morgan fingerprint density at radius 3 is 2.57 bits per heavy atom. The lowest BCUT2D eigenvalue weighted by Crippen LogP contribution is -2.18. The first-order valence-corrected chi connectivity index (χ1v) is 4.31. The number of rotatable bonds is 1. The van der Waals surface area contributed by atoms with Crippen LogP contribution in [0.5, 0.6) is 5.75 Å². The first-order chi connectivity index (χ1) is 6.44. The topological polar surface area (TPSA) is 45.9 Å². The van der Waals surface area contributed by atoms with Gasteiger partial charge in [-0.05, 0) is 22.6 Å². The number of ether oxygens (including phenoxy) is 1. The Kier molecular flexibility index (Phi) is 3.15. The monoisotopic (exact) mass is 314 g/mol. The summed E-state index contributed by atoms with van der Waals surface area (Å²) in [6, 6.07) is 1.61. The summed E-state index contributed by atoms with van der Waals surface area (Å²) in [4.78, 5) is 3.49. The van der Waals surface area contributed by atoms with Gasteiger partial charge in [0, 0.05) is 6.20 Å². The molecule has 0 radical (unpaired) electrons. The van der Waals surface area contributed by atoms with Crippen LogP contribution >= 0.6 is 22.6 Å². The molecule has 1 rings (SSSR count). The minimum absolute atomic E-state index is 0.169. The number of aromatic nitrogens is 1. The van der Waals surface area contributed by atoms with Crippen LogP contribution in [0.4, 0.5) is 13.2 Å². The van der Waals surface area contributed by atoms with Crippen LogP contribution in [0, 0.1) is 14.9 Å². The molecular weight excluding hydrogens is 312 g/mol. The Morgan fingerprint density at radius 1 is 1.43 bits per heavy atom. The third-order valence-corrected chi connectivity index (χ3v) is 2.02. The first-order valence-electron chi connectivity index (χ1n) is 3.23. The largest absolute Gasteiger partial charge is 0.573 e. The van der Waals surface area contributed by atoms with Gasteiger partial charge in [-0.3, -0.25) is 4.98 Å². The summed E-state index contributed by atoms with van der Waals surface area (Å²) in [7, 11) is 0.